The summed E-state index contributed by atoms with van der Waals surface area (Å²) in [5, 5.41) is 21.8. The van der Waals surface area contributed by atoms with Gasteiger partial charge in [0.15, 0.2) is 0 Å². The van der Waals surface area contributed by atoms with Crippen LogP contribution in [-0.4, -0.2) is 21.9 Å². The minimum atomic E-state index is -0.392. The van der Waals surface area contributed by atoms with E-state index in [1.165, 1.54) is 44.9 Å². The van der Waals surface area contributed by atoms with E-state index in [2.05, 4.69) is 46.8 Å². The Bertz CT molecular complexity index is 643. The molecule has 2 unspecified atom stereocenters. The van der Waals surface area contributed by atoms with Crippen LogP contribution in [0.3, 0.4) is 0 Å². The topological polar surface area (TPSA) is 40.5 Å². The van der Waals surface area contributed by atoms with Crippen molar-refractivity contribution in [2.24, 2.45) is 46.3 Å². The predicted octanol–water partition coefficient (Wildman–Crippen LogP) is 6.75. The Kier molecular flexibility index (Phi) is 6.26. The average Bonchev–Trinajstić information content (AvgIpc) is 3.09. The van der Waals surface area contributed by atoms with Crippen LogP contribution in [0.1, 0.15) is 105 Å². The molecular formula is C28H48O2. The van der Waals surface area contributed by atoms with Gasteiger partial charge < -0.3 is 10.2 Å². The van der Waals surface area contributed by atoms with Gasteiger partial charge >= 0.3 is 0 Å². The first kappa shape index (κ1) is 22.8. The monoisotopic (exact) mass is 416 g/mol. The van der Waals surface area contributed by atoms with Gasteiger partial charge in [0, 0.05) is 0 Å². The van der Waals surface area contributed by atoms with Crippen LogP contribution in [0.2, 0.25) is 0 Å². The molecule has 0 aromatic carbocycles. The molecule has 0 saturated heterocycles. The molecule has 4 aliphatic rings. The van der Waals surface area contributed by atoms with Gasteiger partial charge in [0.25, 0.3) is 0 Å². The maximum Gasteiger partial charge on any atom is 0.0648 e. The Balaban J connectivity index is 1.51. The summed E-state index contributed by atoms with van der Waals surface area (Å²) < 4.78 is 0. The molecule has 2 nitrogen and oxygen atoms in total. The Morgan fingerprint density at radius 3 is 2.40 bits per heavy atom. The molecule has 0 bridgehead atoms. The number of hydrogen-bond donors (Lipinski definition) is 2. The van der Waals surface area contributed by atoms with Crippen LogP contribution < -0.4 is 0 Å². The van der Waals surface area contributed by atoms with Gasteiger partial charge in [0.2, 0.25) is 0 Å². The van der Waals surface area contributed by atoms with Crippen molar-refractivity contribution >= 4 is 0 Å². The van der Waals surface area contributed by atoms with Gasteiger partial charge in [-0.2, -0.15) is 0 Å². The number of fused-ring (bicyclic) bond motifs is 5. The molecule has 0 spiro atoms. The summed E-state index contributed by atoms with van der Waals surface area (Å²) >= 11 is 0. The zero-order valence-corrected chi connectivity index (χ0v) is 20.4. The molecule has 30 heavy (non-hydrogen) atoms. The summed E-state index contributed by atoms with van der Waals surface area (Å²) in [4.78, 5) is 0. The zero-order chi connectivity index (χ0) is 21.7. The number of aliphatic hydroxyl groups excluding tert-OH is 1. The second-order valence-corrected chi connectivity index (χ2v) is 12.4. The second-order valence-electron chi connectivity index (χ2n) is 12.4. The van der Waals surface area contributed by atoms with Crippen LogP contribution >= 0.6 is 0 Å². The molecule has 4 saturated carbocycles. The number of rotatable bonds is 5. The lowest BCUT2D eigenvalue weighted by molar-refractivity contribution is -0.154. The Morgan fingerprint density at radius 2 is 1.70 bits per heavy atom. The molecule has 4 aliphatic carbocycles. The molecule has 172 valence electrons. The largest absolute Gasteiger partial charge is 0.393 e. The van der Waals surface area contributed by atoms with Crippen molar-refractivity contribution in [1.29, 1.82) is 0 Å². The summed E-state index contributed by atoms with van der Waals surface area (Å²) in [5.74, 6) is 4.38. The smallest absolute Gasteiger partial charge is 0.0648 e. The highest BCUT2D eigenvalue weighted by molar-refractivity contribution is 5.11. The van der Waals surface area contributed by atoms with E-state index in [0.29, 0.717) is 22.7 Å². The first-order valence-electron chi connectivity index (χ1n) is 13.2. The van der Waals surface area contributed by atoms with Gasteiger partial charge in [-0.3, -0.25) is 0 Å². The second kappa shape index (κ2) is 8.22. The lowest BCUT2D eigenvalue weighted by Gasteiger charge is -2.62. The Morgan fingerprint density at radius 1 is 0.967 bits per heavy atom. The van der Waals surface area contributed by atoms with Gasteiger partial charge in [0.1, 0.15) is 0 Å². The quantitative estimate of drug-likeness (QED) is 0.487. The highest BCUT2D eigenvalue weighted by Crippen LogP contribution is 2.69. The van der Waals surface area contributed by atoms with E-state index in [-0.39, 0.29) is 6.10 Å². The fourth-order valence-electron chi connectivity index (χ4n) is 9.31. The lowest BCUT2D eigenvalue weighted by Crippen LogP contribution is -2.56. The Labute approximate surface area is 185 Å². The van der Waals surface area contributed by atoms with Crippen LogP contribution in [0.25, 0.3) is 0 Å². The van der Waals surface area contributed by atoms with Crippen molar-refractivity contribution in [2.45, 2.75) is 117 Å². The molecule has 0 aliphatic heterocycles. The Hall–Kier alpha value is -0.340. The van der Waals surface area contributed by atoms with Gasteiger partial charge in [-0.15, -0.1) is 0 Å². The first-order chi connectivity index (χ1) is 14.2. The molecule has 10 atom stereocenters. The summed E-state index contributed by atoms with van der Waals surface area (Å²) in [6, 6.07) is 0. The minimum Gasteiger partial charge on any atom is -0.393 e. The molecule has 4 rings (SSSR count). The molecule has 0 heterocycles. The van der Waals surface area contributed by atoms with Crippen molar-refractivity contribution < 1.29 is 10.2 Å². The first-order valence-corrected chi connectivity index (χ1v) is 13.2. The third-order valence-corrected chi connectivity index (χ3v) is 11.4. The van der Waals surface area contributed by atoms with Gasteiger partial charge in [0.05, 0.1) is 11.7 Å². The van der Waals surface area contributed by atoms with E-state index in [1.54, 1.807) is 0 Å². The molecule has 2 N–H and O–H groups in total. The number of hydrogen-bond acceptors (Lipinski definition) is 2. The van der Waals surface area contributed by atoms with Crippen LogP contribution in [-0.2, 0) is 0 Å². The fraction of sp³-hybridized carbons (Fsp3) is 0.929. The third kappa shape index (κ3) is 3.53. The molecule has 0 aromatic heterocycles. The van der Waals surface area contributed by atoms with E-state index >= 15 is 0 Å². The molecular weight excluding hydrogens is 368 g/mol. The summed E-state index contributed by atoms with van der Waals surface area (Å²) in [7, 11) is 0. The molecule has 0 radical (unpaired) electrons. The van der Waals surface area contributed by atoms with Crippen molar-refractivity contribution in [3.63, 3.8) is 0 Å². The lowest BCUT2D eigenvalue weighted by atomic mass is 9.43. The zero-order valence-electron chi connectivity index (χ0n) is 20.4. The van der Waals surface area contributed by atoms with E-state index in [9.17, 15) is 10.2 Å². The van der Waals surface area contributed by atoms with Crippen molar-refractivity contribution in [2.75, 3.05) is 0 Å². The summed E-state index contributed by atoms with van der Waals surface area (Å²) in [5.41, 5.74) is 0.470. The average molecular weight is 417 g/mol. The molecule has 0 aromatic rings. The van der Waals surface area contributed by atoms with Gasteiger partial charge in [-0.1, -0.05) is 39.8 Å². The SMILES string of the molecule is C/C=C/C[C@@H](O)[C@@H](C)C1CC[C@H]2C3CC[C@H]4C[C@](O)(CC)CC[C@]4(C)[C@H]3CC[C@]12C. The van der Waals surface area contributed by atoms with Gasteiger partial charge in [-0.25, -0.2) is 0 Å². The molecule has 0 amide bonds. The van der Waals surface area contributed by atoms with Crippen LogP contribution in [0.4, 0.5) is 0 Å². The van der Waals surface area contributed by atoms with E-state index in [4.69, 9.17) is 0 Å². The highest BCUT2D eigenvalue weighted by atomic mass is 16.3. The van der Waals surface area contributed by atoms with Crippen molar-refractivity contribution in [3.8, 4) is 0 Å². The fourth-order valence-corrected chi connectivity index (χ4v) is 9.31. The standard InChI is InChI=1S/C28H48O2/c1-6-8-9-25(29)19(3)22-12-13-23-21-11-10-20-18-28(30,7-2)17-16-26(20,4)24(21)14-15-27(22,23)5/h6,8,19-25,29-30H,7,9-18H2,1-5H3/b8-6+/t19-,20-,21?,22?,23-,24-,25+,26-,27+,28-/m0/s1. The van der Waals surface area contributed by atoms with Crippen LogP contribution in [0.5, 0.6) is 0 Å². The van der Waals surface area contributed by atoms with Gasteiger partial charge in [-0.05, 0) is 124 Å². The minimum absolute atomic E-state index is 0.196. The summed E-state index contributed by atoms with van der Waals surface area (Å²) in [6.07, 6.45) is 17.2. The number of aliphatic hydroxyl groups is 2. The van der Waals surface area contributed by atoms with Crippen molar-refractivity contribution in [3.05, 3.63) is 12.2 Å². The molecule has 2 heteroatoms. The van der Waals surface area contributed by atoms with E-state index < -0.39 is 5.60 Å². The maximum atomic E-state index is 11.0. The van der Waals surface area contributed by atoms with E-state index in [0.717, 1.165) is 49.4 Å². The van der Waals surface area contributed by atoms with E-state index in [1.807, 2.05) is 0 Å². The van der Waals surface area contributed by atoms with Crippen LogP contribution in [0.15, 0.2) is 12.2 Å². The predicted molar refractivity (Wildman–Crippen MR) is 125 cm³/mol. The third-order valence-electron chi connectivity index (χ3n) is 11.4. The normalized spacial score (nSPS) is 50.6. The maximum absolute atomic E-state index is 11.0. The van der Waals surface area contributed by atoms with Crippen molar-refractivity contribution in [1.82, 2.24) is 0 Å². The molecule has 4 fully saturated rings. The summed E-state index contributed by atoms with van der Waals surface area (Å²) in [6.45, 7) is 11.7. The van der Waals surface area contributed by atoms with Crippen LogP contribution in [0, 0.1) is 46.3 Å². The number of allylic oxidation sites excluding steroid dienone is 1. The highest BCUT2D eigenvalue weighted by Gasteiger charge is 2.61.